The number of likely N-dealkylation sites (tertiary alicyclic amines) is 1. The van der Waals surface area contributed by atoms with E-state index in [9.17, 15) is 9.59 Å². The van der Waals surface area contributed by atoms with E-state index in [1.54, 1.807) is 19.2 Å². The van der Waals surface area contributed by atoms with E-state index in [0.717, 1.165) is 4.47 Å². The molecular weight excluding hydrogens is 286 g/mol. The van der Waals surface area contributed by atoms with Crippen molar-refractivity contribution >= 4 is 33.6 Å². The molecule has 90 valence electrons. The number of aromatic nitrogens is 1. The summed E-state index contributed by atoms with van der Waals surface area (Å²) in [6, 6.07) is 3.10. The van der Waals surface area contributed by atoms with Crippen molar-refractivity contribution in [2.45, 2.75) is 19.4 Å². The van der Waals surface area contributed by atoms with Crippen LogP contribution in [-0.4, -0.2) is 34.3 Å². The molecule has 0 bridgehead atoms. The van der Waals surface area contributed by atoms with Crippen LogP contribution in [0.3, 0.4) is 0 Å². The van der Waals surface area contributed by atoms with Gasteiger partial charge < -0.3 is 5.32 Å². The Bertz CT molecular complexity index is 447. The van der Waals surface area contributed by atoms with Crippen LogP contribution in [0.25, 0.3) is 0 Å². The molecule has 6 heteroatoms. The van der Waals surface area contributed by atoms with Crippen molar-refractivity contribution in [2.24, 2.45) is 0 Å². The predicted octanol–water partition coefficient (Wildman–Crippen LogP) is 1.40. The molecule has 1 unspecified atom stereocenters. The predicted molar refractivity (Wildman–Crippen MR) is 66.4 cm³/mol. The zero-order valence-corrected chi connectivity index (χ0v) is 10.9. The van der Waals surface area contributed by atoms with E-state index < -0.39 is 6.04 Å². The quantitative estimate of drug-likeness (QED) is 0.857. The van der Waals surface area contributed by atoms with Gasteiger partial charge in [0.1, 0.15) is 11.9 Å². The third-order valence-electron chi connectivity index (χ3n) is 2.61. The number of hydrogen-bond donors (Lipinski definition) is 1. The Morgan fingerprint density at radius 2 is 2.29 bits per heavy atom. The fourth-order valence-corrected chi connectivity index (χ4v) is 2.00. The number of pyridine rings is 1. The number of nitrogens with one attached hydrogen (secondary N) is 1. The second kappa shape index (κ2) is 4.83. The summed E-state index contributed by atoms with van der Waals surface area (Å²) in [5, 5.41) is 2.97. The van der Waals surface area contributed by atoms with Crippen molar-refractivity contribution in [2.75, 3.05) is 11.9 Å². The smallest absolute Gasteiger partial charge is 0.252 e. The highest BCUT2D eigenvalue weighted by Crippen LogP contribution is 2.18. The van der Waals surface area contributed by atoms with Gasteiger partial charge in [-0.05, 0) is 35.0 Å². The number of nitrogens with zero attached hydrogens (tertiary/aromatic N) is 2. The Morgan fingerprint density at radius 3 is 2.82 bits per heavy atom. The molecule has 2 heterocycles. The summed E-state index contributed by atoms with van der Waals surface area (Å²) in [6.45, 7) is 2.21. The van der Waals surface area contributed by atoms with Crippen LogP contribution >= 0.6 is 15.9 Å². The molecule has 2 amide bonds. The van der Waals surface area contributed by atoms with E-state index in [4.69, 9.17) is 0 Å². The third-order valence-corrected chi connectivity index (χ3v) is 3.08. The molecule has 1 aliphatic heterocycles. The van der Waals surface area contributed by atoms with Gasteiger partial charge in [-0.3, -0.25) is 14.5 Å². The molecule has 1 aromatic rings. The number of amides is 2. The lowest BCUT2D eigenvalue weighted by molar-refractivity contribution is -0.138. The van der Waals surface area contributed by atoms with E-state index >= 15 is 0 Å². The summed E-state index contributed by atoms with van der Waals surface area (Å²) >= 11 is 3.28. The van der Waals surface area contributed by atoms with E-state index in [1.165, 1.54) is 4.90 Å². The minimum Gasteiger partial charge on any atom is -0.358 e. The van der Waals surface area contributed by atoms with Gasteiger partial charge in [-0.1, -0.05) is 0 Å². The van der Waals surface area contributed by atoms with Crippen molar-refractivity contribution in [1.29, 1.82) is 0 Å². The summed E-state index contributed by atoms with van der Waals surface area (Å²) in [5.74, 6) is 0.284. The van der Waals surface area contributed by atoms with E-state index in [0.29, 0.717) is 12.4 Å². The molecular formula is C11H12BrN3O2. The molecule has 5 nitrogen and oxygen atoms in total. The first-order valence-electron chi connectivity index (χ1n) is 5.34. The van der Waals surface area contributed by atoms with E-state index in [1.807, 2.05) is 6.07 Å². The van der Waals surface area contributed by atoms with Crippen LogP contribution in [0, 0.1) is 0 Å². The van der Waals surface area contributed by atoms with Gasteiger partial charge in [0, 0.05) is 17.2 Å². The number of carbonyl (C=O) groups excluding carboxylic acids is 2. The Balaban J connectivity index is 2.08. The monoisotopic (exact) mass is 297 g/mol. The fourth-order valence-electron chi connectivity index (χ4n) is 1.77. The highest BCUT2D eigenvalue weighted by Gasteiger charge is 2.37. The van der Waals surface area contributed by atoms with Crippen LogP contribution < -0.4 is 5.32 Å². The van der Waals surface area contributed by atoms with Crippen LogP contribution in [0.5, 0.6) is 0 Å². The molecule has 1 fully saturated rings. The Hall–Kier alpha value is -1.43. The van der Waals surface area contributed by atoms with Gasteiger partial charge in [0.2, 0.25) is 5.91 Å². The van der Waals surface area contributed by atoms with Gasteiger partial charge in [0.05, 0.1) is 6.42 Å². The van der Waals surface area contributed by atoms with Gasteiger partial charge in [-0.2, -0.15) is 0 Å². The van der Waals surface area contributed by atoms with Gasteiger partial charge in [-0.25, -0.2) is 4.98 Å². The summed E-state index contributed by atoms with van der Waals surface area (Å²) in [7, 11) is 0. The maximum absolute atomic E-state index is 11.8. The molecule has 1 aliphatic rings. The normalized spacial score (nSPS) is 19.9. The van der Waals surface area contributed by atoms with Gasteiger partial charge >= 0.3 is 0 Å². The zero-order chi connectivity index (χ0) is 12.4. The van der Waals surface area contributed by atoms with Gasteiger partial charge in [0.25, 0.3) is 5.91 Å². The lowest BCUT2D eigenvalue weighted by atomic mass is 10.2. The Morgan fingerprint density at radius 1 is 1.53 bits per heavy atom. The number of imide groups is 1. The largest absolute Gasteiger partial charge is 0.358 e. The SMILES string of the molecule is CCN1C(=O)CC(Nc2ccc(Br)cn2)C1=O. The summed E-state index contributed by atoms with van der Waals surface area (Å²) in [5.41, 5.74) is 0. The molecule has 17 heavy (non-hydrogen) atoms. The molecule has 1 atom stereocenters. The minimum absolute atomic E-state index is 0.132. The summed E-state index contributed by atoms with van der Waals surface area (Å²) < 4.78 is 0.868. The molecule has 1 aromatic heterocycles. The topological polar surface area (TPSA) is 62.3 Å². The van der Waals surface area contributed by atoms with Crippen LogP contribution in [-0.2, 0) is 9.59 Å². The molecule has 0 aliphatic carbocycles. The average molecular weight is 298 g/mol. The van der Waals surface area contributed by atoms with Crippen LogP contribution in [0.4, 0.5) is 5.82 Å². The molecule has 1 N–H and O–H groups in total. The minimum atomic E-state index is -0.490. The first kappa shape index (κ1) is 12.0. The molecule has 0 radical (unpaired) electrons. The zero-order valence-electron chi connectivity index (χ0n) is 9.31. The maximum Gasteiger partial charge on any atom is 0.252 e. The number of likely N-dealkylation sites (N-methyl/N-ethyl adjacent to an activating group) is 1. The number of anilines is 1. The van der Waals surface area contributed by atoms with Crippen molar-refractivity contribution < 1.29 is 9.59 Å². The Kier molecular flexibility index (Phi) is 3.42. The lowest BCUT2D eigenvalue weighted by Gasteiger charge is -2.13. The standard InChI is InChI=1S/C11H12BrN3O2/c1-2-15-10(16)5-8(11(15)17)14-9-4-3-7(12)6-13-9/h3-4,6,8H,2,5H2,1H3,(H,13,14). The Labute approximate surface area is 107 Å². The van der Waals surface area contributed by atoms with Crippen LogP contribution in [0.2, 0.25) is 0 Å². The summed E-state index contributed by atoms with van der Waals surface area (Å²) in [4.78, 5) is 28.7. The lowest BCUT2D eigenvalue weighted by Crippen LogP contribution is -2.34. The second-order valence-corrected chi connectivity index (χ2v) is 4.65. The highest BCUT2D eigenvalue weighted by atomic mass is 79.9. The number of hydrogen-bond acceptors (Lipinski definition) is 4. The van der Waals surface area contributed by atoms with Crippen molar-refractivity contribution in [3.63, 3.8) is 0 Å². The van der Waals surface area contributed by atoms with E-state index in [2.05, 4.69) is 26.2 Å². The number of rotatable bonds is 3. The summed E-state index contributed by atoms with van der Waals surface area (Å²) in [6.07, 6.45) is 1.84. The van der Waals surface area contributed by atoms with Crippen LogP contribution in [0.1, 0.15) is 13.3 Å². The fraction of sp³-hybridized carbons (Fsp3) is 0.364. The second-order valence-electron chi connectivity index (χ2n) is 3.74. The van der Waals surface area contributed by atoms with Gasteiger partial charge in [0.15, 0.2) is 0 Å². The van der Waals surface area contributed by atoms with Gasteiger partial charge in [-0.15, -0.1) is 0 Å². The molecule has 0 saturated carbocycles. The molecule has 1 saturated heterocycles. The van der Waals surface area contributed by atoms with Crippen LogP contribution in [0.15, 0.2) is 22.8 Å². The number of halogens is 1. The third kappa shape index (κ3) is 2.46. The molecule has 0 spiro atoms. The molecule has 2 rings (SSSR count). The van der Waals surface area contributed by atoms with Crippen molar-refractivity contribution in [1.82, 2.24) is 9.88 Å². The van der Waals surface area contributed by atoms with E-state index in [-0.39, 0.29) is 18.2 Å². The highest BCUT2D eigenvalue weighted by molar-refractivity contribution is 9.10. The van der Waals surface area contributed by atoms with Crippen molar-refractivity contribution in [3.8, 4) is 0 Å². The maximum atomic E-state index is 11.8. The number of carbonyl (C=O) groups is 2. The average Bonchev–Trinajstić information content (AvgIpc) is 2.57. The molecule has 0 aromatic carbocycles. The first-order chi connectivity index (χ1) is 8.11. The first-order valence-corrected chi connectivity index (χ1v) is 6.13. The van der Waals surface area contributed by atoms with Crippen molar-refractivity contribution in [3.05, 3.63) is 22.8 Å².